The fourth-order valence-corrected chi connectivity index (χ4v) is 6.12. The van der Waals surface area contributed by atoms with Crippen molar-refractivity contribution in [3.05, 3.63) is 101 Å². The second-order valence-electron chi connectivity index (χ2n) is 9.82. The number of benzene rings is 3. The lowest BCUT2D eigenvalue weighted by Crippen LogP contribution is -2.53. The van der Waals surface area contributed by atoms with Gasteiger partial charge in [-0.3, -0.25) is 24.6 Å². The summed E-state index contributed by atoms with van der Waals surface area (Å²) in [6.45, 7) is 2.28. The van der Waals surface area contributed by atoms with Gasteiger partial charge in [-0.2, -0.15) is 0 Å². The van der Waals surface area contributed by atoms with Gasteiger partial charge >= 0.3 is 0 Å². The van der Waals surface area contributed by atoms with Gasteiger partial charge in [-0.05, 0) is 37.0 Å². The van der Waals surface area contributed by atoms with Crippen LogP contribution < -0.4 is 10.6 Å². The highest BCUT2D eigenvalue weighted by molar-refractivity contribution is 6.15. The molecular weight excluding hydrogens is 438 g/mol. The van der Waals surface area contributed by atoms with Crippen molar-refractivity contribution in [1.82, 2.24) is 10.2 Å². The number of hydrogen-bond donors (Lipinski definition) is 2. The van der Waals surface area contributed by atoms with Gasteiger partial charge in [0.1, 0.15) is 5.54 Å². The lowest BCUT2D eigenvalue weighted by Gasteiger charge is -2.29. The summed E-state index contributed by atoms with van der Waals surface area (Å²) >= 11 is 0. The second-order valence-corrected chi connectivity index (χ2v) is 9.82. The highest BCUT2D eigenvalue weighted by atomic mass is 16.2. The molecule has 6 rings (SSSR count). The Hall–Kier alpha value is -3.77. The van der Waals surface area contributed by atoms with Gasteiger partial charge in [-0.15, -0.1) is 0 Å². The van der Waals surface area contributed by atoms with E-state index in [1.807, 2.05) is 85.8 Å². The Morgan fingerprint density at radius 3 is 2.26 bits per heavy atom. The van der Waals surface area contributed by atoms with Crippen molar-refractivity contribution in [1.29, 1.82) is 0 Å². The van der Waals surface area contributed by atoms with Crippen molar-refractivity contribution in [2.24, 2.45) is 11.8 Å². The molecule has 3 heterocycles. The normalized spacial score (nSPS) is 26.8. The topological polar surface area (TPSA) is 78.5 Å². The minimum Gasteiger partial charge on any atom is -0.324 e. The van der Waals surface area contributed by atoms with Crippen LogP contribution in [0.15, 0.2) is 78.9 Å². The van der Waals surface area contributed by atoms with Crippen molar-refractivity contribution in [3.63, 3.8) is 0 Å². The lowest BCUT2D eigenvalue weighted by molar-refractivity contribution is -0.142. The first kappa shape index (κ1) is 21.7. The molecule has 0 saturated carbocycles. The molecule has 3 aliphatic rings. The lowest BCUT2D eigenvalue weighted by atomic mass is 9.76. The van der Waals surface area contributed by atoms with Gasteiger partial charge in [0.15, 0.2) is 0 Å². The van der Waals surface area contributed by atoms with Gasteiger partial charge in [0.05, 0.1) is 11.8 Å². The van der Waals surface area contributed by atoms with Gasteiger partial charge in [-0.1, -0.05) is 78.4 Å². The molecule has 2 fully saturated rings. The molecule has 4 atom stereocenters. The molecule has 0 bridgehead atoms. The predicted octanol–water partition coefficient (Wildman–Crippen LogP) is 3.20. The van der Waals surface area contributed by atoms with E-state index in [9.17, 15) is 14.4 Å². The Labute approximate surface area is 204 Å². The molecule has 6 nitrogen and oxygen atoms in total. The minimum atomic E-state index is -1.25. The number of nitrogens with zero attached hydrogens (tertiary/aromatic N) is 1. The molecule has 3 aliphatic heterocycles. The van der Waals surface area contributed by atoms with Crippen molar-refractivity contribution in [2.75, 3.05) is 11.9 Å². The summed E-state index contributed by atoms with van der Waals surface area (Å²) in [4.78, 5) is 42.7. The van der Waals surface area contributed by atoms with Gasteiger partial charge in [0.25, 0.3) is 0 Å². The summed E-state index contributed by atoms with van der Waals surface area (Å²) in [5.74, 6) is -2.08. The number of rotatable bonds is 5. The van der Waals surface area contributed by atoms with E-state index >= 15 is 0 Å². The van der Waals surface area contributed by atoms with Crippen LogP contribution >= 0.6 is 0 Å². The Bertz CT molecular complexity index is 1320. The number of fused-ring (bicyclic) bond motifs is 4. The van der Waals surface area contributed by atoms with Gasteiger partial charge in [0, 0.05) is 23.8 Å². The summed E-state index contributed by atoms with van der Waals surface area (Å²) in [5.41, 5.74) is 3.35. The fourth-order valence-electron chi connectivity index (χ4n) is 6.12. The van der Waals surface area contributed by atoms with Gasteiger partial charge in [0.2, 0.25) is 17.7 Å². The van der Waals surface area contributed by atoms with Gasteiger partial charge < -0.3 is 5.32 Å². The Balaban J connectivity index is 1.41. The van der Waals surface area contributed by atoms with Crippen LogP contribution in [0.25, 0.3) is 0 Å². The third-order valence-corrected chi connectivity index (χ3v) is 7.73. The van der Waals surface area contributed by atoms with E-state index in [4.69, 9.17) is 0 Å². The number of hydrogen-bond acceptors (Lipinski definition) is 4. The van der Waals surface area contributed by atoms with Crippen LogP contribution in [0.3, 0.4) is 0 Å². The molecule has 6 heteroatoms. The highest BCUT2D eigenvalue weighted by Crippen LogP contribution is 2.53. The SMILES string of the molecule is Cc1ccc2c(c1)[C@@]1(N[C@H](Cc3ccccc3)[C@H]3C(=O)N(CCc4ccccc4)C(=O)[C@H]31)C(=O)N2. The van der Waals surface area contributed by atoms with E-state index < -0.39 is 17.4 Å². The zero-order valence-corrected chi connectivity index (χ0v) is 19.5. The number of carbonyl (C=O) groups excluding carboxylic acids is 3. The molecule has 2 N–H and O–H groups in total. The molecule has 0 radical (unpaired) electrons. The smallest absolute Gasteiger partial charge is 0.250 e. The first-order valence-corrected chi connectivity index (χ1v) is 12.1. The van der Waals surface area contributed by atoms with Crippen molar-refractivity contribution < 1.29 is 14.4 Å². The molecule has 3 aromatic carbocycles. The number of imide groups is 1. The van der Waals surface area contributed by atoms with E-state index in [-0.39, 0.29) is 23.8 Å². The largest absolute Gasteiger partial charge is 0.324 e. The van der Waals surface area contributed by atoms with Crippen LogP contribution in [-0.2, 0) is 32.8 Å². The quantitative estimate of drug-likeness (QED) is 0.568. The highest BCUT2D eigenvalue weighted by Gasteiger charge is 2.70. The Morgan fingerprint density at radius 1 is 0.857 bits per heavy atom. The summed E-state index contributed by atoms with van der Waals surface area (Å²) < 4.78 is 0. The predicted molar refractivity (Wildman–Crippen MR) is 132 cm³/mol. The van der Waals surface area contributed by atoms with Crippen LogP contribution in [0.5, 0.6) is 0 Å². The number of carbonyl (C=O) groups is 3. The Kier molecular flexibility index (Phi) is 5.07. The number of amides is 3. The van der Waals surface area contributed by atoms with Crippen molar-refractivity contribution in [2.45, 2.75) is 31.3 Å². The van der Waals surface area contributed by atoms with E-state index in [1.54, 1.807) is 0 Å². The van der Waals surface area contributed by atoms with E-state index in [2.05, 4.69) is 10.6 Å². The van der Waals surface area contributed by atoms with E-state index in [0.29, 0.717) is 25.1 Å². The minimum absolute atomic E-state index is 0.185. The molecule has 0 unspecified atom stereocenters. The average Bonchev–Trinajstić information content (AvgIpc) is 3.44. The first-order chi connectivity index (χ1) is 17.0. The summed E-state index contributed by atoms with van der Waals surface area (Å²) in [6.07, 6.45) is 1.15. The van der Waals surface area contributed by atoms with Crippen LogP contribution in [0.4, 0.5) is 5.69 Å². The monoisotopic (exact) mass is 465 g/mol. The molecule has 0 aromatic heterocycles. The zero-order valence-electron chi connectivity index (χ0n) is 19.5. The molecule has 35 heavy (non-hydrogen) atoms. The molecule has 3 aromatic rings. The van der Waals surface area contributed by atoms with Crippen LogP contribution in [0, 0.1) is 18.8 Å². The summed E-state index contributed by atoms with van der Waals surface area (Å²) in [5, 5.41) is 6.50. The molecule has 3 amide bonds. The Morgan fingerprint density at radius 2 is 1.54 bits per heavy atom. The summed E-state index contributed by atoms with van der Waals surface area (Å²) in [7, 11) is 0. The van der Waals surface area contributed by atoms with Gasteiger partial charge in [-0.25, -0.2) is 0 Å². The average molecular weight is 466 g/mol. The molecular formula is C29H27N3O3. The molecule has 0 aliphatic carbocycles. The number of aryl methyl sites for hydroxylation is 1. The molecule has 2 saturated heterocycles. The third-order valence-electron chi connectivity index (χ3n) is 7.73. The number of likely N-dealkylation sites (tertiary alicyclic amines) is 1. The fraction of sp³-hybridized carbons (Fsp3) is 0.276. The maximum atomic E-state index is 13.9. The van der Waals surface area contributed by atoms with Crippen LogP contribution in [0.1, 0.15) is 22.3 Å². The second kappa shape index (κ2) is 8.17. The summed E-state index contributed by atoms with van der Waals surface area (Å²) in [6, 6.07) is 25.2. The molecule has 1 spiro atoms. The molecule has 176 valence electrons. The standard InChI is InChI=1S/C29H27N3O3/c1-18-12-13-22-21(16-18)29(28(35)30-22)25-24(23(31-29)17-20-10-6-3-7-11-20)26(33)32(27(25)34)15-14-19-8-4-2-5-9-19/h2-13,16,23-25,31H,14-15,17H2,1H3,(H,30,35)/t23-,24-,25+,29+/m1/s1. The zero-order chi connectivity index (χ0) is 24.2. The van der Waals surface area contributed by atoms with Crippen LogP contribution in [0.2, 0.25) is 0 Å². The van der Waals surface area contributed by atoms with Crippen molar-refractivity contribution >= 4 is 23.4 Å². The number of anilines is 1. The third kappa shape index (κ3) is 3.32. The first-order valence-electron chi connectivity index (χ1n) is 12.1. The van der Waals surface area contributed by atoms with Crippen molar-refractivity contribution in [3.8, 4) is 0 Å². The maximum absolute atomic E-state index is 13.9. The maximum Gasteiger partial charge on any atom is 0.250 e. The van der Waals surface area contributed by atoms with E-state index in [0.717, 1.165) is 22.3 Å². The number of nitrogens with one attached hydrogen (secondary N) is 2. The van der Waals surface area contributed by atoms with E-state index in [1.165, 1.54) is 4.90 Å². The van der Waals surface area contributed by atoms with Crippen LogP contribution in [-0.4, -0.2) is 35.2 Å².